The number of hydrogen-bond donors (Lipinski definition) is 1. The van der Waals surface area contributed by atoms with Crippen molar-refractivity contribution in [3.63, 3.8) is 0 Å². The molecule has 0 aromatic carbocycles. The Kier molecular flexibility index (Phi) is 7.48. The van der Waals surface area contributed by atoms with Crippen LogP contribution in [0.5, 0.6) is 0 Å². The number of ether oxygens (including phenoxy) is 1. The average Bonchev–Trinajstić information content (AvgIpc) is 3.15. The standard InChI is InChI=1S/C29H46BrN3O3Si/c1-19(2)37(20(3)4,21(5)6)33-13-10-22-24(23(30)16-31-25(22)33)29(35)17-28(18-29)11-14-32(15-12-28)26(34)36-27(7,8)9/h10,13,16,19-21,35H,11-12,14-15,17-18H2,1-9H3. The Labute approximate surface area is 232 Å². The van der Waals surface area contributed by atoms with Crippen LogP contribution in [0, 0.1) is 5.41 Å². The maximum atomic E-state index is 12.5. The molecule has 6 nitrogen and oxygen atoms in total. The lowest BCUT2D eigenvalue weighted by molar-refractivity contribution is -0.153. The minimum Gasteiger partial charge on any atom is -0.444 e. The van der Waals surface area contributed by atoms with Crippen LogP contribution >= 0.6 is 15.9 Å². The fraction of sp³-hybridized carbons (Fsp3) is 0.724. The topological polar surface area (TPSA) is 67.6 Å². The first-order chi connectivity index (χ1) is 17.1. The zero-order chi connectivity index (χ0) is 27.6. The van der Waals surface area contributed by atoms with Gasteiger partial charge in [-0.15, -0.1) is 0 Å². The summed E-state index contributed by atoms with van der Waals surface area (Å²) in [6, 6.07) is 2.19. The zero-order valence-corrected chi connectivity index (χ0v) is 26.8. The minimum absolute atomic E-state index is 0.0666. The number of piperidine rings is 1. The number of halogens is 1. The van der Waals surface area contributed by atoms with E-state index in [4.69, 9.17) is 9.72 Å². The highest BCUT2D eigenvalue weighted by atomic mass is 79.9. The van der Waals surface area contributed by atoms with Gasteiger partial charge in [0.25, 0.3) is 0 Å². The molecule has 37 heavy (non-hydrogen) atoms. The summed E-state index contributed by atoms with van der Waals surface area (Å²) in [5.41, 5.74) is 2.35. The molecule has 1 aliphatic carbocycles. The van der Waals surface area contributed by atoms with E-state index in [1.165, 1.54) is 0 Å². The molecule has 2 aliphatic rings. The number of aliphatic hydroxyl groups is 1. The molecule has 2 aromatic rings. The lowest BCUT2D eigenvalue weighted by Gasteiger charge is -2.57. The molecule has 1 saturated carbocycles. The largest absolute Gasteiger partial charge is 0.444 e. The number of hydrogen-bond acceptors (Lipinski definition) is 4. The van der Waals surface area contributed by atoms with Crippen LogP contribution in [0.1, 0.15) is 93.6 Å². The van der Waals surface area contributed by atoms with Crippen molar-refractivity contribution in [3.05, 3.63) is 28.5 Å². The fourth-order valence-corrected chi connectivity index (χ4v) is 15.1. The van der Waals surface area contributed by atoms with Crippen molar-refractivity contribution in [3.8, 4) is 0 Å². The molecule has 206 valence electrons. The maximum Gasteiger partial charge on any atom is 0.410 e. The number of amides is 1. The Bertz CT molecular complexity index is 1130. The van der Waals surface area contributed by atoms with E-state index in [1.54, 1.807) is 0 Å². The summed E-state index contributed by atoms with van der Waals surface area (Å²) >= 11 is 3.75. The summed E-state index contributed by atoms with van der Waals surface area (Å²) < 4.78 is 8.98. The molecular weight excluding hydrogens is 546 g/mol. The molecule has 0 radical (unpaired) electrons. The van der Waals surface area contributed by atoms with Crippen LogP contribution in [0.2, 0.25) is 16.6 Å². The summed E-state index contributed by atoms with van der Waals surface area (Å²) in [6.07, 6.45) is 7.12. The number of nitrogens with zero attached hydrogens (tertiary/aromatic N) is 3. The van der Waals surface area contributed by atoms with E-state index in [0.29, 0.717) is 42.6 Å². The molecule has 4 rings (SSSR count). The maximum absolute atomic E-state index is 12.5. The second-order valence-corrected chi connectivity index (χ2v) is 20.2. The third kappa shape index (κ3) is 4.80. The molecule has 0 atom stereocenters. The first-order valence-electron chi connectivity index (χ1n) is 13.9. The van der Waals surface area contributed by atoms with E-state index in [0.717, 1.165) is 33.9 Å². The smallest absolute Gasteiger partial charge is 0.410 e. The Morgan fingerprint density at radius 3 is 2.11 bits per heavy atom. The van der Waals surface area contributed by atoms with Gasteiger partial charge >= 0.3 is 6.09 Å². The van der Waals surface area contributed by atoms with Gasteiger partial charge in [0.1, 0.15) is 11.2 Å². The van der Waals surface area contributed by atoms with E-state index in [-0.39, 0.29) is 11.5 Å². The van der Waals surface area contributed by atoms with Crippen molar-refractivity contribution < 1.29 is 14.6 Å². The summed E-state index contributed by atoms with van der Waals surface area (Å²) in [4.78, 5) is 19.3. The second kappa shape index (κ2) is 9.67. The monoisotopic (exact) mass is 591 g/mol. The predicted molar refractivity (Wildman–Crippen MR) is 156 cm³/mol. The van der Waals surface area contributed by atoms with Crippen molar-refractivity contribution >= 4 is 41.3 Å². The molecule has 1 spiro atoms. The molecule has 1 aliphatic heterocycles. The number of rotatable bonds is 5. The fourth-order valence-electron chi connectivity index (χ4n) is 7.89. The summed E-state index contributed by atoms with van der Waals surface area (Å²) in [5.74, 6) is 0. The van der Waals surface area contributed by atoms with Gasteiger partial charge < -0.3 is 19.0 Å². The number of carbonyl (C=O) groups is 1. The van der Waals surface area contributed by atoms with Crippen LogP contribution in [-0.4, -0.2) is 52.2 Å². The highest BCUT2D eigenvalue weighted by Gasteiger charge is 2.57. The van der Waals surface area contributed by atoms with Gasteiger partial charge in [0.05, 0.1) is 5.60 Å². The van der Waals surface area contributed by atoms with E-state index in [9.17, 15) is 9.90 Å². The van der Waals surface area contributed by atoms with Gasteiger partial charge in [-0.05, 0) is 96.7 Å². The van der Waals surface area contributed by atoms with Crippen LogP contribution in [0.25, 0.3) is 11.0 Å². The first kappa shape index (κ1) is 28.6. The Morgan fingerprint density at radius 2 is 1.62 bits per heavy atom. The van der Waals surface area contributed by atoms with Crippen molar-refractivity contribution in [1.82, 2.24) is 14.1 Å². The molecule has 8 heteroatoms. The molecule has 0 bridgehead atoms. The highest BCUT2D eigenvalue weighted by molar-refractivity contribution is 9.10. The number of aromatic nitrogens is 2. The Hall–Kier alpha value is -1.38. The van der Waals surface area contributed by atoms with Gasteiger partial charge in [0.2, 0.25) is 0 Å². The van der Waals surface area contributed by atoms with Crippen LogP contribution < -0.4 is 0 Å². The highest BCUT2D eigenvalue weighted by Crippen LogP contribution is 2.61. The molecule has 0 unspecified atom stereocenters. The minimum atomic E-state index is -1.97. The molecule has 1 amide bonds. The molecular formula is C29H46BrN3O3Si. The second-order valence-electron chi connectivity index (χ2n) is 13.6. The first-order valence-corrected chi connectivity index (χ1v) is 16.9. The predicted octanol–water partition coefficient (Wildman–Crippen LogP) is 7.82. The van der Waals surface area contributed by atoms with Gasteiger partial charge in [-0.2, -0.15) is 0 Å². The quantitative estimate of drug-likeness (QED) is 0.360. The van der Waals surface area contributed by atoms with Crippen molar-refractivity contribution in [1.29, 1.82) is 0 Å². The normalized spacial score (nSPS) is 19.8. The molecule has 2 aromatic heterocycles. The lowest BCUT2D eigenvalue weighted by Crippen LogP contribution is -2.55. The Balaban J connectivity index is 1.62. The molecule has 2 fully saturated rings. The summed E-state index contributed by atoms with van der Waals surface area (Å²) in [7, 11) is -1.97. The molecule has 3 heterocycles. The van der Waals surface area contributed by atoms with E-state index in [2.05, 4.69) is 74.0 Å². The zero-order valence-electron chi connectivity index (χ0n) is 24.2. The average molecular weight is 593 g/mol. The molecule has 1 N–H and O–H groups in total. The third-order valence-electron chi connectivity index (χ3n) is 9.14. The SMILES string of the molecule is CC(C)[Si](C(C)C)(C(C)C)n1ccc2c(C3(O)CC4(CCN(C(=O)OC(C)(C)C)CC4)C3)c(Br)cnc21. The van der Waals surface area contributed by atoms with Gasteiger partial charge in [-0.3, -0.25) is 0 Å². The van der Waals surface area contributed by atoms with E-state index >= 15 is 0 Å². The lowest BCUT2D eigenvalue weighted by atomic mass is 9.53. The number of pyridine rings is 1. The van der Waals surface area contributed by atoms with Gasteiger partial charge in [0, 0.05) is 34.7 Å². The van der Waals surface area contributed by atoms with E-state index < -0.39 is 19.4 Å². The molecule has 1 saturated heterocycles. The summed E-state index contributed by atoms with van der Waals surface area (Å²) in [5, 5.41) is 13.1. The Morgan fingerprint density at radius 1 is 1.08 bits per heavy atom. The van der Waals surface area contributed by atoms with Crippen LogP contribution in [0.15, 0.2) is 22.9 Å². The van der Waals surface area contributed by atoms with Gasteiger partial charge in [-0.1, -0.05) is 41.5 Å². The third-order valence-corrected chi connectivity index (χ3v) is 16.5. The van der Waals surface area contributed by atoms with Crippen LogP contribution in [0.3, 0.4) is 0 Å². The van der Waals surface area contributed by atoms with Crippen LogP contribution in [-0.2, 0) is 10.3 Å². The summed E-state index contributed by atoms with van der Waals surface area (Å²) in [6.45, 7) is 21.3. The number of fused-ring (bicyclic) bond motifs is 1. The van der Waals surface area contributed by atoms with Crippen LogP contribution in [0.4, 0.5) is 4.79 Å². The van der Waals surface area contributed by atoms with Crippen molar-refractivity contribution in [2.24, 2.45) is 5.41 Å². The number of carbonyl (C=O) groups excluding carboxylic acids is 1. The van der Waals surface area contributed by atoms with Gasteiger partial charge in [0.15, 0.2) is 8.24 Å². The van der Waals surface area contributed by atoms with Crippen molar-refractivity contribution in [2.45, 2.75) is 116 Å². The van der Waals surface area contributed by atoms with E-state index in [1.807, 2.05) is 31.9 Å². The van der Waals surface area contributed by atoms with Crippen molar-refractivity contribution in [2.75, 3.05) is 13.1 Å². The van der Waals surface area contributed by atoms with Gasteiger partial charge in [-0.25, -0.2) is 9.78 Å². The number of likely N-dealkylation sites (tertiary alicyclic amines) is 1.